The molecule has 0 spiro atoms. The Morgan fingerprint density at radius 3 is 2.56 bits per heavy atom. The van der Waals surface area contributed by atoms with E-state index in [0.717, 1.165) is 13.1 Å². The quantitative estimate of drug-likeness (QED) is 0.815. The molecule has 0 aromatic carbocycles. The van der Waals surface area contributed by atoms with Crippen LogP contribution in [0.3, 0.4) is 0 Å². The third kappa shape index (κ3) is 3.08. The summed E-state index contributed by atoms with van der Waals surface area (Å²) in [6.07, 6.45) is 1.33. The van der Waals surface area contributed by atoms with Gasteiger partial charge < -0.3 is 4.90 Å². The Morgan fingerprint density at radius 2 is 2.06 bits per heavy atom. The SMILES string of the molecule is CCN(CC)CC(C)n1cc(C#N)c(=O)[nH]c1=O. The molecule has 0 saturated heterocycles. The first kappa shape index (κ1) is 14.2. The number of likely N-dealkylation sites (N-methyl/N-ethyl adjacent to an activating group) is 1. The molecule has 1 unspecified atom stereocenters. The van der Waals surface area contributed by atoms with E-state index in [9.17, 15) is 9.59 Å². The molecule has 0 aliphatic carbocycles. The Bertz CT molecular complexity index is 548. The highest BCUT2D eigenvalue weighted by Gasteiger charge is 2.12. The number of aromatic amines is 1. The van der Waals surface area contributed by atoms with Crippen molar-refractivity contribution in [1.82, 2.24) is 14.5 Å². The monoisotopic (exact) mass is 250 g/mol. The molecule has 1 heterocycles. The Balaban J connectivity index is 3.06. The Kier molecular flexibility index (Phi) is 4.86. The minimum atomic E-state index is -0.631. The number of H-pyrrole nitrogens is 1. The summed E-state index contributed by atoms with van der Waals surface area (Å²) >= 11 is 0. The van der Waals surface area contributed by atoms with Crippen LogP contribution in [0.15, 0.2) is 15.8 Å². The van der Waals surface area contributed by atoms with Crippen molar-refractivity contribution in [3.63, 3.8) is 0 Å². The predicted molar refractivity (Wildman–Crippen MR) is 68.5 cm³/mol. The number of hydrogen-bond donors (Lipinski definition) is 1. The van der Waals surface area contributed by atoms with E-state index < -0.39 is 11.2 Å². The largest absolute Gasteiger partial charge is 0.328 e. The smallest absolute Gasteiger partial charge is 0.302 e. The van der Waals surface area contributed by atoms with Gasteiger partial charge in [-0.05, 0) is 20.0 Å². The molecule has 6 nitrogen and oxygen atoms in total. The predicted octanol–water partition coefficient (Wildman–Crippen LogP) is 0.311. The van der Waals surface area contributed by atoms with Crippen LogP contribution in [0.1, 0.15) is 32.4 Å². The number of aromatic nitrogens is 2. The minimum Gasteiger partial charge on any atom is -0.302 e. The van der Waals surface area contributed by atoms with Gasteiger partial charge in [-0.2, -0.15) is 5.26 Å². The van der Waals surface area contributed by atoms with E-state index in [-0.39, 0.29) is 11.6 Å². The number of nitrogens with zero attached hydrogens (tertiary/aromatic N) is 3. The van der Waals surface area contributed by atoms with Gasteiger partial charge in [0, 0.05) is 18.8 Å². The van der Waals surface area contributed by atoms with Crippen molar-refractivity contribution in [2.24, 2.45) is 0 Å². The van der Waals surface area contributed by atoms with Crippen LogP contribution >= 0.6 is 0 Å². The second-order valence-electron chi connectivity index (χ2n) is 4.16. The van der Waals surface area contributed by atoms with E-state index >= 15 is 0 Å². The lowest BCUT2D eigenvalue weighted by molar-refractivity contribution is 0.257. The zero-order valence-electron chi connectivity index (χ0n) is 10.9. The molecule has 1 N–H and O–H groups in total. The second kappa shape index (κ2) is 6.17. The van der Waals surface area contributed by atoms with Crippen molar-refractivity contribution in [2.75, 3.05) is 19.6 Å². The Morgan fingerprint density at radius 1 is 1.44 bits per heavy atom. The summed E-state index contributed by atoms with van der Waals surface area (Å²) in [5, 5.41) is 8.79. The van der Waals surface area contributed by atoms with Gasteiger partial charge in [0.15, 0.2) is 0 Å². The van der Waals surface area contributed by atoms with Crippen LogP contribution in [0.2, 0.25) is 0 Å². The number of rotatable bonds is 5. The molecule has 0 fully saturated rings. The van der Waals surface area contributed by atoms with Crippen LogP contribution in [0, 0.1) is 11.3 Å². The highest BCUT2D eigenvalue weighted by molar-refractivity contribution is 5.21. The lowest BCUT2D eigenvalue weighted by Crippen LogP contribution is -2.37. The van der Waals surface area contributed by atoms with Crippen LogP contribution in [-0.2, 0) is 0 Å². The summed E-state index contributed by atoms with van der Waals surface area (Å²) in [5.41, 5.74) is -1.14. The van der Waals surface area contributed by atoms with Gasteiger partial charge in [-0.25, -0.2) is 4.79 Å². The van der Waals surface area contributed by atoms with Gasteiger partial charge >= 0.3 is 5.69 Å². The lowest BCUT2D eigenvalue weighted by atomic mass is 10.2. The molecule has 1 aromatic heterocycles. The average molecular weight is 250 g/mol. The minimum absolute atomic E-state index is 0.0407. The van der Waals surface area contributed by atoms with E-state index in [1.54, 1.807) is 6.07 Å². The van der Waals surface area contributed by atoms with Crippen LogP contribution in [-0.4, -0.2) is 34.1 Å². The summed E-state index contributed by atoms with van der Waals surface area (Å²) in [6.45, 7) is 8.47. The van der Waals surface area contributed by atoms with E-state index in [4.69, 9.17) is 5.26 Å². The van der Waals surface area contributed by atoms with Gasteiger partial charge in [0.1, 0.15) is 11.6 Å². The summed E-state index contributed by atoms with van der Waals surface area (Å²) in [5.74, 6) is 0. The summed E-state index contributed by atoms with van der Waals surface area (Å²) in [4.78, 5) is 27.3. The molecule has 1 atom stereocenters. The van der Waals surface area contributed by atoms with Crippen molar-refractivity contribution in [3.05, 3.63) is 32.6 Å². The van der Waals surface area contributed by atoms with Crippen LogP contribution in [0.25, 0.3) is 0 Å². The summed E-state index contributed by atoms with van der Waals surface area (Å²) in [7, 11) is 0. The second-order valence-corrected chi connectivity index (χ2v) is 4.16. The topological polar surface area (TPSA) is 81.9 Å². The molecule has 1 aromatic rings. The Labute approximate surface area is 105 Å². The molecule has 18 heavy (non-hydrogen) atoms. The first-order valence-electron chi connectivity index (χ1n) is 6.01. The van der Waals surface area contributed by atoms with Gasteiger partial charge in [-0.15, -0.1) is 0 Å². The zero-order chi connectivity index (χ0) is 13.7. The number of hydrogen-bond acceptors (Lipinski definition) is 4. The zero-order valence-corrected chi connectivity index (χ0v) is 10.9. The molecule has 1 rings (SSSR count). The van der Waals surface area contributed by atoms with Crippen LogP contribution in [0.4, 0.5) is 0 Å². The molecule has 0 saturated carbocycles. The first-order chi connectivity index (χ1) is 8.53. The van der Waals surface area contributed by atoms with Gasteiger partial charge in [0.05, 0.1) is 0 Å². The van der Waals surface area contributed by atoms with Crippen molar-refractivity contribution in [3.8, 4) is 6.07 Å². The maximum absolute atomic E-state index is 11.7. The average Bonchev–Trinajstić information content (AvgIpc) is 2.35. The lowest BCUT2D eigenvalue weighted by Gasteiger charge is -2.23. The Hall–Kier alpha value is -1.87. The molecule has 98 valence electrons. The molecule has 0 amide bonds. The standard InChI is InChI=1S/C12H18N4O2/c1-4-15(5-2)7-9(3)16-8-10(6-13)11(17)14-12(16)18/h8-9H,4-5,7H2,1-3H3,(H,14,17,18). The van der Waals surface area contributed by atoms with E-state index in [1.165, 1.54) is 10.8 Å². The molecular formula is C12H18N4O2. The third-order valence-electron chi connectivity index (χ3n) is 2.98. The number of nitrogens with one attached hydrogen (secondary N) is 1. The fraction of sp³-hybridized carbons (Fsp3) is 0.583. The van der Waals surface area contributed by atoms with Crippen LogP contribution in [0.5, 0.6) is 0 Å². The van der Waals surface area contributed by atoms with E-state index in [2.05, 4.69) is 9.88 Å². The normalized spacial score (nSPS) is 12.4. The molecule has 0 aliphatic rings. The molecular weight excluding hydrogens is 232 g/mol. The maximum atomic E-state index is 11.7. The highest BCUT2D eigenvalue weighted by Crippen LogP contribution is 2.04. The fourth-order valence-corrected chi connectivity index (χ4v) is 1.84. The summed E-state index contributed by atoms with van der Waals surface area (Å²) < 4.78 is 1.40. The van der Waals surface area contributed by atoms with Gasteiger partial charge in [-0.3, -0.25) is 14.3 Å². The van der Waals surface area contributed by atoms with Crippen molar-refractivity contribution < 1.29 is 0 Å². The van der Waals surface area contributed by atoms with Crippen molar-refractivity contribution in [1.29, 1.82) is 5.26 Å². The van der Waals surface area contributed by atoms with Gasteiger partial charge in [0.25, 0.3) is 5.56 Å². The molecule has 6 heteroatoms. The molecule has 0 aliphatic heterocycles. The maximum Gasteiger partial charge on any atom is 0.328 e. The molecule has 0 radical (unpaired) electrons. The van der Waals surface area contributed by atoms with Crippen molar-refractivity contribution in [2.45, 2.75) is 26.8 Å². The third-order valence-corrected chi connectivity index (χ3v) is 2.98. The van der Waals surface area contributed by atoms with Gasteiger partial charge in [-0.1, -0.05) is 13.8 Å². The fourth-order valence-electron chi connectivity index (χ4n) is 1.84. The van der Waals surface area contributed by atoms with E-state index in [0.29, 0.717) is 6.54 Å². The van der Waals surface area contributed by atoms with Gasteiger partial charge in [0.2, 0.25) is 0 Å². The van der Waals surface area contributed by atoms with E-state index in [1.807, 2.05) is 20.8 Å². The first-order valence-corrected chi connectivity index (χ1v) is 6.01. The molecule has 0 bridgehead atoms. The highest BCUT2D eigenvalue weighted by atomic mass is 16.2. The van der Waals surface area contributed by atoms with Crippen molar-refractivity contribution >= 4 is 0 Å². The number of nitriles is 1. The summed E-state index contributed by atoms with van der Waals surface area (Å²) in [6, 6.07) is 1.69. The van der Waals surface area contributed by atoms with Crippen LogP contribution < -0.4 is 11.2 Å².